The van der Waals surface area contributed by atoms with Gasteiger partial charge in [0, 0.05) is 6.61 Å². The second-order valence-corrected chi connectivity index (χ2v) is 3.66. The number of nitrogens with one attached hydrogen (secondary N) is 1. The van der Waals surface area contributed by atoms with Gasteiger partial charge in [-0.2, -0.15) is 0 Å². The van der Waals surface area contributed by atoms with E-state index in [0.717, 1.165) is 32.6 Å². The third kappa shape index (κ3) is 6.26. The minimum absolute atomic E-state index is 0.837. The monoisotopic (exact) mass is 207 g/mol. The fraction of sp³-hybridized carbons (Fsp3) is 0.538. The van der Waals surface area contributed by atoms with E-state index in [2.05, 4.69) is 29.6 Å². The smallest absolute Gasteiger partial charge is 0.0506 e. The van der Waals surface area contributed by atoms with Crippen molar-refractivity contribution in [3.63, 3.8) is 0 Å². The highest BCUT2D eigenvalue weighted by Gasteiger charge is 1.92. The van der Waals surface area contributed by atoms with Gasteiger partial charge in [0.15, 0.2) is 0 Å². The van der Waals surface area contributed by atoms with Crippen molar-refractivity contribution in [1.82, 2.24) is 5.32 Å². The summed E-state index contributed by atoms with van der Waals surface area (Å²) in [4.78, 5) is 0. The lowest BCUT2D eigenvalue weighted by molar-refractivity contribution is 0.133. The van der Waals surface area contributed by atoms with Crippen LogP contribution in [0.2, 0.25) is 0 Å². The first-order chi connectivity index (χ1) is 7.43. The molecule has 1 aromatic rings. The Labute approximate surface area is 92.6 Å². The summed E-state index contributed by atoms with van der Waals surface area (Å²) in [6, 6.07) is 10.5. The standard InChI is InChI=1S/C13H21NO/c1-14-10-5-6-11-15-12-9-13-7-3-2-4-8-13/h2-4,7-8,14H,5-6,9-12H2,1H3. The predicted octanol–water partition coefficient (Wildman–Crippen LogP) is 2.25. The fourth-order valence-electron chi connectivity index (χ4n) is 1.44. The summed E-state index contributed by atoms with van der Waals surface area (Å²) in [5.74, 6) is 0. The average Bonchev–Trinajstić information content (AvgIpc) is 2.29. The second kappa shape index (κ2) is 8.45. The molecular formula is C13H21NO. The highest BCUT2D eigenvalue weighted by molar-refractivity contribution is 5.14. The van der Waals surface area contributed by atoms with E-state index >= 15 is 0 Å². The van der Waals surface area contributed by atoms with Gasteiger partial charge in [0.05, 0.1) is 6.61 Å². The minimum atomic E-state index is 0.837. The molecule has 0 heterocycles. The molecule has 0 aliphatic heterocycles. The topological polar surface area (TPSA) is 21.3 Å². The molecular weight excluding hydrogens is 186 g/mol. The van der Waals surface area contributed by atoms with Gasteiger partial charge < -0.3 is 10.1 Å². The lowest BCUT2D eigenvalue weighted by Crippen LogP contribution is -2.09. The van der Waals surface area contributed by atoms with Crippen LogP contribution in [0.25, 0.3) is 0 Å². The van der Waals surface area contributed by atoms with Crippen molar-refractivity contribution in [2.75, 3.05) is 26.8 Å². The van der Waals surface area contributed by atoms with Crippen LogP contribution in [0.3, 0.4) is 0 Å². The molecule has 0 unspecified atom stereocenters. The number of hydrogen-bond acceptors (Lipinski definition) is 2. The molecule has 15 heavy (non-hydrogen) atoms. The molecule has 0 amide bonds. The summed E-state index contributed by atoms with van der Waals surface area (Å²) in [5, 5.41) is 3.13. The van der Waals surface area contributed by atoms with Crippen LogP contribution in [0, 0.1) is 0 Å². The van der Waals surface area contributed by atoms with Crippen LogP contribution in [0.15, 0.2) is 30.3 Å². The third-order valence-corrected chi connectivity index (χ3v) is 2.34. The molecule has 0 radical (unpaired) electrons. The average molecular weight is 207 g/mol. The van der Waals surface area contributed by atoms with Gasteiger partial charge in [0.2, 0.25) is 0 Å². The number of hydrogen-bond donors (Lipinski definition) is 1. The molecule has 0 saturated carbocycles. The van der Waals surface area contributed by atoms with E-state index in [1.807, 2.05) is 13.1 Å². The number of ether oxygens (including phenoxy) is 1. The molecule has 1 aromatic carbocycles. The molecule has 0 aliphatic rings. The first kappa shape index (κ1) is 12.2. The van der Waals surface area contributed by atoms with Gasteiger partial charge in [-0.3, -0.25) is 0 Å². The molecule has 0 bridgehead atoms. The maximum absolute atomic E-state index is 5.56. The number of rotatable bonds is 8. The predicted molar refractivity (Wildman–Crippen MR) is 64.1 cm³/mol. The number of benzene rings is 1. The normalized spacial score (nSPS) is 10.5. The van der Waals surface area contributed by atoms with Crippen molar-refractivity contribution in [3.05, 3.63) is 35.9 Å². The van der Waals surface area contributed by atoms with Crippen molar-refractivity contribution in [2.45, 2.75) is 19.3 Å². The Morgan fingerprint density at radius 3 is 2.60 bits per heavy atom. The fourth-order valence-corrected chi connectivity index (χ4v) is 1.44. The van der Waals surface area contributed by atoms with Crippen LogP contribution in [-0.4, -0.2) is 26.8 Å². The Balaban J connectivity index is 1.93. The van der Waals surface area contributed by atoms with Crippen LogP contribution in [0.1, 0.15) is 18.4 Å². The Bertz CT molecular complexity index is 236. The van der Waals surface area contributed by atoms with Crippen LogP contribution in [0.5, 0.6) is 0 Å². The molecule has 2 heteroatoms. The van der Waals surface area contributed by atoms with Crippen LogP contribution in [0.4, 0.5) is 0 Å². The van der Waals surface area contributed by atoms with Gasteiger partial charge in [0.25, 0.3) is 0 Å². The van der Waals surface area contributed by atoms with Crippen molar-refractivity contribution in [3.8, 4) is 0 Å². The van der Waals surface area contributed by atoms with E-state index in [1.54, 1.807) is 0 Å². The largest absolute Gasteiger partial charge is 0.381 e. The van der Waals surface area contributed by atoms with Crippen LogP contribution >= 0.6 is 0 Å². The van der Waals surface area contributed by atoms with Crippen molar-refractivity contribution < 1.29 is 4.74 Å². The van der Waals surface area contributed by atoms with Gasteiger partial charge in [-0.15, -0.1) is 0 Å². The van der Waals surface area contributed by atoms with Gasteiger partial charge in [-0.1, -0.05) is 30.3 Å². The second-order valence-electron chi connectivity index (χ2n) is 3.66. The molecule has 0 fully saturated rings. The highest BCUT2D eigenvalue weighted by atomic mass is 16.5. The summed E-state index contributed by atoms with van der Waals surface area (Å²) in [7, 11) is 1.98. The maximum Gasteiger partial charge on any atom is 0.0506 e. The Hall–Kier alpha value is -0.860. The Morgan fingerprint density at radius 2 is 1.87 bits per heavy atom. The summed E-state index contributed by atoms with van der Waals surface area (Å²) in [5.41, 5.74) is 1.35. The van der Waals surface area contributed by atoms with Crippen LogP contribution in [-0.2, 0) is 11.2 Å². The van der Waals surface area contributed by atoms with E-state index in [-0.39, 0.29) is 0 Å². The van der Waals surface area contributed by atoms with Crippen LogP contribution < -0.4 is 5.32 Å². The molecule has 0 spiro atoms. The van der Waals surface area contributed by atoms with Gasteiger partial charge in [-0.25, -0.2) is 0 Å². The summed E-state index contributed by atoms with van der Waals surface area (Å²) in [6.07, 6.45) is 3.37. The SMILES string of the molecule is CNCCCCOCCc1ccccc1. The zero-order chi connectivity index (χ0) is 10.8. The summed E-state index contributed by atoms with van der Waals surface area (Å²) < 4.78 is 5.56. The quantitative estimate of drug-likeness (QED) is 0.660. The molecule has 2 nitrogen and oxygen atoms in total. The molecule has 0 saturated heterocycles. The number of unbranched alkanes of at least 4 members (excludes halogenated alkanes) is 1. The zero-order valence-electron chi connectivity index (χ0n) is 9.54. The summed E-state index contributed by atoms with van der Waals surface area (Å²) in [6.45, 7) is 2.81. The zero-order valence-corrected chi connectivity index (χ0v) is 9.54. The lowest BCUT2D eigenvalue weighted by Gasteiger charge is -2.04. The van der Waals surface area contributed by atoms with Crippen molar-refractivity contribution >= 4 is 0 Å². The van der Waals surface area contributed by atoms with E-state index in [4.69, 9.17) is 4.74 Å². The molecule has 0 aromatic heterocycles. The Kier molecular flexibility index (Phi) is 6.88. The highest BCUT2D eigenvalue weighted by Crippen LogP contribution is 1.99. The molecule has 84 valence electrons. The summed E-state index contributed by atoms with van der Waals surface area (Å²) >= 11 is 0. The molecule has 0 aliphatic carbocycles. The van der Waals surface area contributed by atoms with Gasteiger partial charge in [0.1, 0.15) is 0 Å². The molecule has 1 N–H and O–H groups in total. The van der Waals surface area contributed by atoms with Gasteiger partial charge in [-0.05, 0) is 38.4 Å². The maximum atomic E-state index is 5.56. The first-order valence-corrected chi connectivity index (χ1v) is 5.70. The molecule has 1 rings (SSSR count). The minimum Gasteiger partial charge on any atom is -0.381 e. The first-order valence-electron chi connectivity index (χ1n) is 5.70. The van der Waals surface area contributed by atoms with Gasteiger partial charge >= 0.3 is 0 Å². The van der Waals surface area contributed by atoms with E-state index < -0.39 is 0 Å². The van der Waals surface area contributed by atoms with E-state index in [0.29, 0.717) is 0 Å². The van der Waals surface area contributed by atoms with E-state index in [9.17, 15) is 0 Å². The third-order valence-electron chi connectivity index (χ3n) is 2.34. The van der Waals surface area contributed by atoms with E-state index in [1.165, 1.54) is 12.0 Å². The van der Waals surface area contributed by atoms with Crippen molar-refractivity contribution in [2.24, 2.45) is 0 Å². The molecule has 0 atom stereocenters. The lowest BCUT2D eigenvalue weighted by atomic mass is 10.2. The van der Waals surface area contributed by atoms with Crippen molar-refractivity contribution in [1.29, 1.82) is 0 Å². The Morgan fingerprint density at radius 1 is 1.07 bits per heavy atom.